The summed E-state index contributed by atoms with van der Waals surface area (Å²) in [5.41, 5.74) is 0.0926. The Kier molecular flexibility index (Phi) is 3.86. The van der Waals surface area contributed by atoms with Crippen LogP contribution in [0.1, 0.15) is 5.76 Å². The van der Waals surface area contributed by atoms with Gasteiger partial charge in [-0.3, -0.25) is 10.1 Å². The summed E-state index contributed by atoms with van der Waals surface area (Å²) in [5.74, 6) is -0.564. The lowest BCUT2D eigenvalue weighted by Gasteiger charge is -2.00. The van der Waals surface area contributed by atoms with Crippen LogP contribution in [0.25, 0.3) is 17.4 Å². The number of nitrogens with zero attached hydrogens (tertiary/aromatic N) is 1. The molecule has 0 aliphatic heterocycles. The quantitative estimate of drug-likeness (QED) is 0.528. The van der Waals surface area contributed by atoms with Gasteiger partial charge in [-0.25, -0.2) is 4.79 Å². The predicted molar refractivity (Wildman–Crippen MR) is 72.5 cm³/mol. The number of hydrogen-bond acceptors (Lipinski definition) is 4. The minimum absolute atomic E-state index is 0.180. The number of aliphatic carboxylic acids is 1. The van der Waals surface area contributed by atoms with Crippen LogP contribution in [0.4, 0.5) is 5.69 Å². The highest BCUT2D eigenvalue weighted by Crippen LogP contribution is 2.33. The molecule has 0 spiro atoms. The highest BCUT2D eigenvalue weighted by molar-refractivity contribution is 6.30. The second-order valence-electron chi connectivity index (χ2n) is 3.79. The molecular formula is C13H8ClNO5. The SMILES string of the molecule is O=C(O)/C=C/c1ccc(-c2ccc(Cl)cc2[N+](=O)[O-])o1. The van der Waals surface area contributed by atoms with E-state index < -0.39 is 10.9 Å². The van der Waals surface area contributed by atoms with Crippen LogP contribution in [0.3, 0.4) is 0 Å². The summed E-state index contributed by atoms with van der Waals surface area (Å²) in [6.07, 6.45) is 2.17. The zero-order valence-electron chi connectivity index (χ0n) is 9.95. The van der Waals surface area contributed by atoms with Gasteiger partial charge in [-0.05, 0) is 30.3 Å². The van der Waals surface area contributed by atoms with E-state index in [4.69, 9.17) is 21.1 Å². The molecule has 2 rings (SSSR count). The molecule has 0 saturated carbocycles. The Hall–Kier alpha value is -2.60. The van der Waals surface area contributed by atoms with Crippen molar-refractivity contribution >= 4 is 29.3 Å². The van der Waals surface area contributed by atoms with E-state index in [1.165, 1.54) is 36.4 Å². The number of nitro benzene ring substituents is 1. The average Bonchev–Trinajstić information content (AvgIpc) is 2.84. The van der Waals surface area contributed by atoms with Crippen LogP contribution < -0.4 is 0 Å². The molecule has 0 aliphatic rings. The van der Waals surface area contributed by atoms with Crippen molar-refractivity contribution in [3.8, 4) is 11.3 Å². The molecule has 102 valence electrons. The van der Waals surface area contributed by atoms with E-state index in [0.717, 1.165) is 6.08 Å². The molecule has 0 radical (unpaired) electrons. The van der Waals surface area contributed by atoms with Gasteiger partial charge in [0.1, 0.15) is 11.5 Å². The second-order valence-corrected chi connectivity index (χ2v) is 4.23. The van der Waals surface area contributed by atoms with Crippen LogP contribution in [-0.2, 0) is 4.79 Å². The first-order valence-electron chi connectivity index (χ1n) is 5.42. The van der Waals surface area contributed by atoms with E-state index in [1.54, 1.807) is 0 Å². The van der Waals surface area contributed by atoms with Gasteiger partial charge in [0.05, 0.1) is 10.5 Å². The molecule has 20 heavy (non-hydrogen) atoms. The molecule has 1 N–H and O–H groups in total. The Bertz CT molecular complexity index is 705. The maximum absolute atomic E-state index is 11.0. The third-order valence-electron chi connectivity index (χ3n) is 2.44. The van der Waals surface area contributed by atoms with Crippen LogP contribution >= 0.6 is 11.6 Å². The number of carboxylic acids is 1. The lowest BCUT2D eigenvalue weighted by Crippen LogP contribution is -1.91. The Morgan fingerprint density at radius 1 is 1.35 bits per heavy atom. The number of carboxylic acid groups (broad SMARTS) is 1. The van der Waals surface area contributed by atoms with Crippen molar-refractivity contribution in [3.63, 3.8) is 0 Å². The molecule has 0 atom stereocenters. The monoisotopic (exact) mass is 293 g/mol. The summed E-state index contributed by atoms with van der Waals surface area (Å²) >= 11 is 5.73. The third kappa shape index (κ3) is 3.04. The normalized spacial score (nSPS) is 10.8. The zero-order chi connectivity index (χ0) is 14.7. The van der Waals surface area contributed by atoms with Crippen molar-refractivity contribution in [3.05, 3.63) is 57.3 Å². The van der Waals surface area contributed by atoms with Crippen LogP contribution in [0.15, 0.2) is 40.8 Å². The smallest absolute Gasteiger partial charge is 0.328 e. The molecule has 0 unspecified atom stereocenters. The summed E-state index contributed by atoms with van der Waals surface area (Å²) in [6, 6.07) is 7.26. The van der Waals surface area contributed by atoms with Crippen molar-refractivity contribution in [2.45, 2.75) is 0 Å². The van der Waals surface area contributed by atoms with E-state index in [-0.39, 0.29) is 27.8 Å². The zero-order valence-corrected chi connectivity index (χ0v) is 10.7. The third-order valence-corrected chi connectivity index (χ3v) is 2.67. The first kappa shape index (κ1) is 13.8. The minimum Gasteiger partial charge on any atom is -0.478 e. The first-order chi connectivity index (χ1) is 9.47. The Labute approximate surface area is 118 Å². The van der Waals surface area contributed by atoms with E-state index in [2.05, 4.69) is 0 Å². The molecule has 0 fully saturated rings. The fourth-order valence-corrected chi connectivity index (χ4v) is 1.77. The molecule has 6 nitrogen and oxygen atoms in total. The van der Waals surface area contributed by atoms with Gasteiger partial charge in [0.15, 0.2) is 0 Å². The highest BCUT2D eigenvalue weighted by atomic mass is 35.5. The number of nitro groups is 1. The molecule has 0 aliphatic carbocycles. The minimum atomic E-state index is -1.11. The summed E-state index contributed by atoms with van der Waals surface area (Å²) in [6.45, 7) is 0. The average molecular weight is 294 g/mol. The van der Waals surface area contributed by atoms with Crippen LogP contribution in [0, 0.1) is 10.1 Å². The summed E-state index contributed by atoms with van der Waals surface area (Å²) in [7, 11) is 0. The highest BCUT2D eigenvalue weighted by Gasteiger charge is 2.18. The molecule has 0 amide bonds. The van der Waals surface area contributed by atoms with Crippen molar-refractivity contribution in [2.24, 2.45) is 0 Å². The van der Waals surface area contributed by atoms with Gasteiger partial charge in [-0.2, -0.15) is 0 Å². The van der Waals surface area contributed by atoms with Gasteiger partial charge < -0.3 is 9.52 Å². The van der Waals surface area contributed by atoms with Gasteiger partial charge in [0.2, 0.25) is 0 Å². The second kappa shape index (κ2) is 5.58. The van der Waals surface area contributed by atoms with E-state index >= 15 is 0 Å². The molecule has 0 bridgehead atoms. The number of carbonyl (C=O) groups is 1. The summed E-state index contributed by atoms with van der Waals surface area (Å²) in [4.78, 5) is 20.8. The molecular weight excluding hydrogens is 286 g/mol. The van der Waals surface area contributed by atoms with E-state index in [1.807, 2.05) is 0 Å². The Morgan fingerprint density at radius 2 is 2.10 bits per heavy atom. The fraction of sp³-hybridized carbons (Fsp3) is 0. The number of halogens is 1. The van der Waals surface area contributed by atoms with Crippen molar-refractivity contribution in [1.29, 1.82) is 0 Å². The molecule has 1 aromatic carbocycles. The molecule has 7 heteroatoms. The fourth-order valence-electron chi connectivity index (χ4n) is 1.60. The van der Waals surface area contributed by atoms with Crippen LogP contribution in [-0.4, -0.2) is 16.0 Å². The Morgan fingerprint density at radius 3 is 2.75 bits per heavy atom. The maximum Gasteiger partial charge on any atom is 0.328 e. The Balaban J connectivity index is 2.42. The summed E-state index contributed by atoms with van der Waals surface area (Å²) < 4.78 is 5.35. The summed E-state index contributed by atoms with van der Waals surface area (Å²) in [5, 5.41) is 19.7. The largest absolute Gasteiger partial charge is 0.478 e. The van der Waals surface area contributed by atoms with Crippen molar-refractivity contribution in [1.82, 2.24) is 0 Å². The standard InChI is InChI=1S/C13H8ClNO5/c14-8-1-4-10(11(7-8)15(18)19)12-5-2-9(20-12)3-6-13(16)17/h1-7H,(H,16,17)/b6-3+. The van der Waals surface area contributed by atoms with Crippen LogP contribution in [0.5, 0.6) is 0 Å². The van der Waals surface area contributed by atoms with Gasteiger partial charge in [0, 0.05) is 17.2 Å². The topological polar surface area (TPSA) is 93.6 Å². The van der Waals surface area contributed by atoms with Crippen molar-refractivity contribution < 1.29 is 19.2 Å². The van der Waals surface area contributed by atoms with Gasteiger partial charge in [-0.1, -0.05) is 11.6 Å². The van der Waals surface area contributed by atoms with Gasteiger partial charge >= 0.3 is 5.97 Å². The molecule has 2 aromatic rings. The van der Waals surface area contributed by atoms with Gasteiger partial charge in [0.25, 0.3) is 5.69 Å². The van der Waals surface area contributed by atoms with Gasteiger partial charge in [-0.15, -0.1) is 0 Å². The molecule has 0 saturated heterocycles. The van der Waals surface area contributed by atoms with Crippen molar-refractivity contribution in [2.75, 3.05) is 0 Å². The molecule has 1 heterocycles. The lowest BCUT2D eigenvalue weighted by molar-refractivity contribution is -0.384. The lowest BCUT2D eigenvalue weighted by atomic mass is 10.1. The maximum atomic E-state index is 11.0. The number of hydrogen-bond donors (Lipinski definition) is 1. The predicted octanol–water partition coefficient (Wildman–Crippen LogP) is 3.61. The number of rotatable bonds is 4. The number of benzene rings is 1. The number of furan rings is 1. The first-order valence-corrected chi connectivity index (χ1v) is 5.80. The van der Waals surface area contributed by atoms with E-state index in [9.17, 15) is 14.9 Å². The van der Waals surface area contributed by atoms with Crippen LogP contribution in [0.2, 0.25) is 5.02 Å². The molecule has 1 aromatic heterocycles. The van der Waals surface area contributed by atoms with E-state index in [0.29, 0.717) is 0 Å².